The second kappa shape index (κ2) is 6.66. The molecular formula is C16H17BrN2O. The number of hydrogen-bond donors (Lipinski definition) is 1. The summed E-state index contributed by atoms with van der Waals surface area (Å²) in [5, 5.41) is 3.03. The molecule has 0 saturated carbocycles. The third-order valence-corrected chi connectivity index (χ3v) is 3.87. The minimum Gasteiger partial charge on any atom is -0.321 e. The molecule has 3 nitrogen and oxygen atoms in total. The first-order valence-electron chi connectivity index (χ1n) is 6.70. The molecule has 1 aromatic heterocycles. The van der Waals surface area contributed by atoms with Gasteiger partial charge in [-0.05, 0) is 52.0 Å². The van der Waals surface area contributed by atoms with Crippen LogP contribution < -0.4 is 5.32 Å². The van der Waals surface area contributed by atoms with Crippen LogP contribution in [0.1, 0.15) is 35.3 Å². The van der Waals surface area contributed by atoms with E-state index in [0.717, 1.165) is 29.7 Å². The fourth-order valence-electron chi connectivity index (χ4n) is 2.14. The summed E-state index contributed by atoms with van der Waals surface area (Å²) in [5.41, 5.74) is 3.77. The number of nitrogens with one attached hydrogen (secondary N) is 1. The second-order valence-electron chi connectivity index (χ2n) is 4.45. The minimum atomic E-state index is -0.138. The zero-order valence-corrected chi connectivity index (χ0v) is 13.2. The molecule has 0 radical (unpaired) electrons. The summed E-state index contributed by atoms with van der Waals surface area (Å²) in [5.74, 6) is -0.138. The molecule has 1 heterocycles. The maximum Gasteiger partial charge on any atom is 0.258 e. The third-order valence-electron chi connectivity index (χ3n) is 3.24. The number of benzene rings is 1. The molecular weight excluding hydrogens is 316 g/mol. The van der Waals surface area contributed by atoms with Crippen LogP contribution in [0.5, 0.6) is 0 Å². The fraction of sp³-hybridized carbons (Fsp3) is 0.250. The Labute approximate surface area is 127 Å². The number of nitrogens with zero attached hydrogens (tertiary/aromatic N) is 1. The molecule has 0 saturated heterocycles. The highest BCUT2D eigenvalue weighted by Crippen LogP contribution is 2.24. The number of amides is 1. The van der Waals surface area contributed by atoms with Crippen molar-refractivity contribution >= 4 is 27.5 Å². The highest BCUT2D eigenvalue weighted by atomic mass is 79.9. The molecule has 0 aliphatic heterocycles. The van der Waals surface area contributed by atoms with E-state index in [1.165, 1.54) is 0 Å². The van der Waals surface area contributed by atoms with Crippen molar-refractivity contribution in [1.29, 1.82) is 0 Å². The van der Waals surface area contributed by atoms with E-state index in [9.17, 15) is 4.79 Å². The molecule has 0 fully saturated rings. The molecule has 2 rings (SSSR count). The molecule has 20 heavy (non-hydrogen) atoms. The second-order valence-corrected chi connectivity index (χ2v) is 5.21. The zero-order chi connectivity index (χ0) is 14.5. The number of halogens is 1. The average molecular weight is 333 g/mol. The number of anilines is 1. The predicted molar refractivity (Wildman–Crippen MR) is 85.1 cm³/mol. The van der Waals surface area contributed by atoms with Gasteiger partial charge in [0.25, 0.3) is 5.91 Å². The molecule has 0 atom stereocenters. The van der Waals surface area contributed by atoms with Gasteiger partial charge >= 0.3 is 0 Å². The highest BCUT2D eigenvalue weighted by Gasteiger charge is 2.14. The Bertz CT molecular complexity index is 603. The van der Waals surface area contributed by atoms with E-state index in [0.29, 0.717) is 10.2 Å². The number of aryl methyl sites for hydroxylation is 2. The standard InChI is InChI=1S/C16H17BrN2O/c1-3-11-7-5-8-12(4-2)14(11)19-16(20)13-9-6-10-18-15(13)17/h5-10H,3-4H2,1-2H3,(H,19,20). The van der Waals surface area contributed by atoms with Gasteiger partial charge < -0.3 is 5.32 Å². The summed E-state index contributed by atoms with van der Waals surface area (Å²) < 4.78 is 0.560. The summed E-state index contributed by atoms with van der Waals surface area (Å²) in [4.78, 5) is 16.5. The smallest absolute Gasteiger partial charge is 0.258 e. The molecule has 1 aromatic carbocycles. The van der Waals surface area contributed by atoms with Crippen LogP contribution in [-0.4, -0.2) is 10.9 Å². The van der Waals surface area contributed by atoms with Gasteiger partial charge in [-0.1, -0.05) is 32.0 Å². The van der Waals surface area contributed by atoms with E-state index in [2.05, 4.69) is 40.1 Å². The summed E-state index contributed by atoms with van der Waals surface area (Å²) >= 11 is 3.31. The molecule has 2 aromatic rings. The molecule has 0 spiro atoms. The zero-order valence-electron chi connectivity index (χ0n) is 11.6. The van der Waals surface area contributed by atoms with Crippen molar-refractivity contribution in [2.75, 3.05) is 5.32 Å². The summed E-state index contributed by atoms with van der Waals surface area (Å²) in [6.07, 6.45) is 3.42. The van der Waals surface area contributed by atoms with Crippen molar-refractivity contribution < 1.29 is 4.79 Å². The number of hydrogen-bond acceptors (Lipinski definition) is 2. The van der Waals surface area contributed by atoms with E-state index in [1.807, 2.05) is 18.2 Å². The maximum absolute atomic E-state index is 12.4. The molecule has 0 aliphatic carbocycles. The highest BCUT2D eigenvalue weighted by molar-refractivity contribution is 9.10. The van der Waals surface area contributed by atoms with Crippen molar-refractivity contribution in [3.63, 3.8) is 0 Å². The van der Waals surface area contributed by atoms with E-state index in [4.69, 9.17) is 0 Å². The van der Waals surface area contributed by atoms with Crippen molar-refractivity contribution in [3.05, 3.63) is 57.8 Å². The predicted octanol–water partition coefficient (Wildman–Crippen LogP) is 4.22. The first-order chi connectivity index (χ1) is 9.67. The summed E-state index contributed by atoms with van der Waals surface area (Å²) in [7, 11) is 0. The monoisotopic (exact) mass is 332 g/mol. The Balaban J connectivity index is 2.35. The van der Waals surface area contributed by atoms with Gasteiger partial charge in [-0.25, -0.2) is 4.98 Å². The van der Waals surface area contributed by atoms with Crippen LogP contribution in [0, 0.1) is 0 Å². The van der Waals surface area contributed by atoms with Crippen LogP contribution >= 0.6 is 15.9 Å². The largest absolute Gasteiger partial charge is 0.321 e. The Hall–Kier alpha value is -1.68. The van der Waals surface area contributed by atoms with Crippen LogP contribution in [0.25, 0.3) is 0 Å². The lowest BCUT2D eigenvalue weighted by Gasteiger charge is -2.14. The summed E-state index contributed by atoms with van der Waals surface area (Å²) in [6.45, 7) is 4.18. The van der Waals surface area contributed by atoms with Crippen molar-refractivity contribution in [1.82, 2.24) is 4.98 Å². The topological polar surface area (TPSA) is 42.0 Å². The van der Waals surface area contributed by atoms with Crippen LogP contribution in [0.2, 0.25) is 0 Å². The Morgan fingerprint density at radius 1 is 1.15 bits per heavy atom. The van der Waals surface area contributed by atoms with Gasteiger partial charge in [0.15, 0.2) is 0 Å². The minimum absolute atomic E-state index is 0.138. The van der Waals surface area contributed by atoms with Gasteiger partial charge in [-0.2, -0.15) is 0 Å². The number of para-hydroxylation sites is 1. The molecule has 0 unspecified atom stereocenters. The Morgan fingerprint density at radius 2 is 1.80 bits per heavy atom. The van der Waals surface area contributed by atoms with Gasteiger partial charge in [0.1, 0.15) is 4.60 Å². The number of carbonyl (C=O) groups is 1. The van der Waals surface area contributed by atoms with Crippen LogP contribution in [-0.2, 0) is 12.8 Å². The van der Waals surface area contributed by atoms with E-state index >= 15 is 0 Å². The lowest BCUT2D eigenvalue weighted by molar-refractivity contribution is 0.102. The van der Waals surface area contributed by atoms with Crippen LogP contribution in [0.15, 0.2) is 41.1 Å². The lowest BCUT2D eigenvalue weighted by atomic mass is 10.0. The van der Waals surface area contributed by atoms with Crippen LogP contribution in [0.3, 0.4) is 0 Å². The van der Waals surface area contributed by atoms with E-state index in [-0.39, 0.29) is 5.91 Å². The molecule has 0 bridgehead atoms. The molecule has 1 amide bonds. The molecule has 4 heteroatoms. The first-order valence-corrected chi connectivity index (χ1v) is 7.49. The van der Waals surface area contributed by atoms with Crippen molar-refractivity contribution in [3.8, 4) is 0 Å². The number of carbonyl (C=O) groups excluding carboxylic acids is 1. The van der Waals surface area contributed by atoms with Crippen LogP contribution in [0.4, 0.5) is 5.69 Å². The molecule has 104 valence electrons. The van der Waals surface area contributed by atoms with Crippen molar-refractivity contribution in [2.45, 2.75) is 26.7 Å². The average Bonchev–Trinajstić information content (AvgIpc) is 2.47. The maximum atomic E-state index is 12.4. The van der Waals surface area contributed by atoms with Gasteiger partial charge in [-0.15, -0.1) is 0 Å². The van der Waals surface area contributed by atoms with Gasteiger partial charge in [0.05, 0.1) is 5.56 Å². The van der Waals surface area contributed by atoms with E-state index in [1.54, 1.807) is 18.3 Å². The molecule has 0 aliphatic rings. The quantitative estimate of drug-likeness (QED) is 0.851. The molecule has 1 N–H and O–H groups in total. The Morgan fingerprint density at radius 3 is 2.35 bits per heavy atom. The van der Waals surface area contributed by atoms with Gasteiger partial charge in [-0.3, -0.25) is 4.79 Å². The normalized spacial score (nSPS) is 10.3. The number of pyridine rings is 1. The fourth-order valence-corrected chi connectivity index (χ4v) is 2.57. The number of rotatable bonds is 4. The Kier molecular flexibility index (Phi) is 4.90. The number of aromatic nitrogens is 1. The summed E-state index contributed by atoms with van der Waals surface area (Å²) in [6, 6.07) is 9.65. The SMILES string of the molecule is CCc1cccc(CC)c1NC(=O)c1cccnc1Br. The lowest BCUT2D eigenvalue weighted by Crippen LogP contribution is -2.15. The first kappa shape index (κ1) is 14.7. The van der Waals surface area contributed by atoms with Gasteiger partial charge in [0.2, 0.25) is 0 Å². The third kappa shape index (κ3) is 3.07. The van der Waals surface area contributed by atoms with E-state index < -0.39 is 0 Å². The van der Waals surface area contributed by atoms with Crippen molar-refractivity contribution in [2.24, 2.45) is 0 Å². The van der Waals surface area contributed by atoms with Gasteiger partial charge in [0, 0.05) is 11.9 Å².